The molecule has 1 aromatic rings. The molecule has 0 bridgehead atoms. The van der Waals surface area contributed by atoms with Gasteiger partial charge >= 0.3 is 0 Å². The van der Waals surface area contributed by atoms with Gasteiger partial charge in [-0.05, 0) is 52.4 Å². The van der Waals surface area contributed by atoms with Crippen LogP contribution in [0.3, 0.4) is 0 Å². The molecule has 0 heterocycles. The number of rotatable bonds is 2. The van der Waals surface area contributed by atoms with E-state index in [4.69, 9.17) is 11.6 Å². The van der Waals surface area contributed by atoms with Crippen molar-refractivity contribution in [3.63, 3.8) is 0 Å². The van der Waals surface area contributed by atoms with Crippen molar-refractivity contribution in [2.45, 2.75) is 39.5 Å². The first kappa shape index (κ1) is 14.9. The first-order valence-corrected chi connectivity index (χ1v) is 7.83. The van der Waals surface area contributed by atoms with Crippen molar-refractivity contribution in [3.8, 4) is 0 Å². The fourth-order valence-corrected chi connectivity index (χ4v) is 3.57. The van der Waals surface area contributed by atoms with Gasteiger partial charge in [-0.25, -0.2) is 0 Å². The Bertz CT molecular complexity index is 487. The van der Waals surface area contributed by atoms with E-state index in [0.717, 1.165) is 29.4 Å². The molecule has 1 aliphatic carbocycles. The summed E-state index contributed by atoms with van der Waals surface area (Å²) in [6.07, 6.45) is 4.46. The summed E-state index contributed by atoms with van der Waals surface area (Å²) in [5.74, 6) is 0.205. The fraction of sp³-hybridized carbons (Fsp3) is 0.533. The van der Waals surface area contributed by atoms with Crippen LogP contribution in [0.5, 0.6) is 0 Å². The van der Waals surface area contributed by atoms with Gasteiger partial charge in [0, 0.05) is 15.4 Å². The third-order valence-corrected chi connectivity index (χ3v) is 4.90. The average Bonchev–Trinajstić information content (AvgIpc) is 2.32. The molecular formula is C15H19BrClNO. The number of carbonyl (C=O) groups excluding carboxylic acids is 1. The maximum absolute atomic E-state index is 12.5. The lowest BCUT2D eigenvalue weighted by Gasteiger charge is -2.37. The van der Waals surface area contributed by atoms with E-state index in [-0.39, 0.29) is 17.2 Å². The van der Waals surface area contributed by atoms with Crippen molar-refractivity contribution < 1.29 is 4.79 Å². The molecule has 1 saturated carbocycles. The van der Waals surface area contributed by atoms with Crippen LogP contribution in [0, 0.1) is 11.3 Å². The summed E-state index contributed by atoms with van der Waals surface area (Å²) in [6.45, 7) is 4.38. The largest absolute Gasteiger partial charge is 0.325 e. The molecule has 2 rings (SSSR count). The summed E-state index contributed by atoms with van der Waals surface area (Å²) < 4.78 is 0.821. The van der Waals surface area contributed by atoms with Crippen molar-refractivity contribution in [2.75, 3.05) is 5.32 Å². The van der Waals surface area contributed by atoms with Crippen LogP contribution in [0.25, 0.3) is 0 Å². The van der Waals surface area contributed by atoms with E-state index in [1.165, 1.54) is 6.42 Å². The molecule has 0 aliphatic heterocycles. The van der Waals surface area contributed by atoms with Crippen molar-refractivity contribution in [1.82, 2.24) is 0 Å². The number of nitrogens with one attached hydrogen (secondary N) is 1. The normalized spacial score (nSPS) is 22.0. The van der Waals surface area contributed by atoms with Gasteiger partial charge in [-0.3, -0.25) is 4.79 Å². The molecule has 19 heavy (non-hydrogen) atoms. The highest BCUT2D eigenvalue weighted by atomic mass is 79.9. The monoisotopic (exact) mass is 343 g/mol. The number of carbonyl (C=O) groups is 1. The molecule has 1 unspecified atom stereocenters. The third-order valence-electron chi connectivity index (χ3n) is 4.01. The minimum absolute atomic E-state index is 0.0846. The number of hydrogen-bond acceptors (Lipinski definition) is 1. The van der Waals surface area contributed by atoms with Crippen LogP contribution in [0.4, 0.5) is 5.69 Å². The van der Waals surface area contributed by atoms with Crippen molar-refractivity contribution >= 4 is 39.1 Å². The van der Waals surface area contributed by atoms with Gasteiger partial charge in [-0.2, -0.15) is 0 Å². The lowest BCUT2D eigenvalue weighted by atomic mass is 9.68. The maximum atomic E-state index is 12.5. The molecule has 104 valence electrons. The van der Waals surface area contributed by atoms with E-state index in [0.29, 0.717) is 5.02 Å². The van der Waals surface area contributed by atoms with Crippen LogP contribution in [0.1, 0.15) is 39.5 Å². The summed E-state index contributed by atoms with van der Waals surface area (Å²) in [6, 6.07) is 5.41. The van der Waals surface area contributed by atoms with Gasteiger partial charge in [0.2, 0.25) is 5.91 Å². The van der Waals surface area contributed by atoms with Gasteiger partial charge in [0.1, 0.15) is 0 Å². The Morgan fingerprint density at radius 3 is 2.79 bits per heavy atom. The van der Waals surface area contributed by atoms with Crippen molar-refractivity contribution in [1.29, 1.82) is 0 Å². The topological polar surface area (TPSA) is 29.1 Å². The summed E-state index contributed by atoms with van der Waals surface area (Å²) in [4.78, 5) is 12.5. The van der Waals surface area contributed by atoms with Gasteiger partial charge < -0.3 is 5.32 Å². The lowest BCUT2D eigenvalue weighted by molar-refractivity contribution is -0.124. The molecule has 1 atom stereocenters. The molecule has 1 aromatic carbocycles. The molecule has 0 radical (unpaired) electrons. The molecule has 1 fully saturated rings. The SMILES string of the molecule is CC1(C)CCCCC1C(=O)Nc1ccc(Cl)cc1Br. The van der Waals surface area contributed by atoms with Gasteiger partial charge in [-0.1, -0.05) is 38.3 Å². The molecule has 0 spiro atoms. The van der Waals surface area contributed by atoms with Gasteiger partial charge in [0.15, 0.2) is 0 Å². The fourth-order valence-electron chi connectivity index (χ4n) is 2.79. The smallest absolute Gasteiger partial charge is 0.228 e. The Kier molecular flexibility index (Phi) is 4.57. The highest BCUT2D eigenvalue weighted by Crippen LogP contribution is 2.41. The number of benzene rings is 1. The maximum Gasteiger partial charge on any atom is 0.228 e. The van der Waals surface area contributed by atoms with Crippen LogP contribution in [-0.2, 0) is 4.79 Å². The Labute approximate surface area is 128 Å². The quantitative estimate of drug-likeness (QED) is 0.779. The standard InChI is InChI=1S/C15H19BrClNO/c1-15(2)8-4-3-5-11(15)14(19)18-13-7-6-10(17)9-12(13)16/h6-7,9,11H,3-5,8H2,1-2H3,(H,18,19). The second-order valence-corrected chi connectivity index (χ2v) is 7.19. The Morgan fingerprint density at radius 2 is 2.16 bits per heavy atom. The minimum Gasteiger partial charge on any atom is -0.325 e. The van der Waals surface area contributed by atoms with Crippen molar-refractivity contribution in [2.24, 2.45) is 11.3 Å². The Morgan fingerprint density at radius 1 is 1.42 bits per heavy atom. The second kappa shape index (κ2) is 5.84. The predicted octanol–water partition coefficient (Wildman–Crippen LogP) is 5.26. The first-order valence-electron chi connectivity index (χ1n) is 6.66. The lowest BCUT2D eigenvalue weighted by Crippen LogP contribution is -2.37. The average molecular weight is 345 g/mol. The van der Waals surface area contributed by atoms with E-state index in [1.807, 2.05) is 6.07 Å². The molecular weight excluding hydrogens is 326 g/mol. The minimum atomic E-state index is 0.0846. The zero-order valence-corrected chi connectivity index (χ0v) is 13.6. The van der Waals surface area contributed by atoms with E-state index in [9.17, 15) is 4.79 Å². The number of hydrogen-bond donors (Lipinski definition) is 1. The molecule has 0 aromatic heterocycles. The van der Waals surface area contributed by atoms with E-state index in [2.05, 4.69) is 35.1 Å². The van der Waals surface area contributed by atoms with Crippen LogP contribution in [-0.4, -0.2) is 5.91 Å². The molecule has 1 N–H and O–H groups in total. The number of halogens is 2. The molecule has 0 saturated heterocycles. The highest BCUT2D eigenvalue weighted by Gasteiger charge is 2.37. The predicted molar refractivity (Wildman–Crippen MR) is 83.5 cm³/mol. The van der Waals surface area contributed by atoms with Crippen LogP contribution >= 0.6 is 27.5 Å². The zero-order chi connectivity index (χ0) is 14.0. The van der Waals surface area contributed by atoms with E-state index >= 15 is 0 Å². The Balaban J connectivity index is 2.12. The Hall–Kier alpha value is -0.540. The van der Waals surface area contributed by atoms with Gasteiger partial charge in [0.05, 0.1) is 5.69 Å². The zero-order valence-electron chi connectivity index (χ0n) is 11.3. The van der Waals surface area contributed by atoms with Crippen LogP contribution in [0.15, 0.2) is 22.7 Å². The first-order chi connectivity index (χ1) is 8.90. The number of anilines is 1. The second-order valence-electron chi connectivity index (χ2n) is 5.90. The summed E-state index contributed by atoms with van der Waals surface area (Å²) in [5, 5.41) is 3.67. The van der Waals surface area contributed by atoms with Gasteiger partial charge in [-0.15, -0.1) is 0 Å². The number of amides is 1. The third kappa shape index (κ3) is 3.51. The molecule has 4 heteroatoms. The van der Waals surface area contributed by atoms with Crippen LogP contribution < -0.4 is 5.32 Å². The van der Waals surface area contributed by atoms with Crippen LogP contribution in [0.2, 0.25) is 5.02 Å². The highest BCUT2D eigenvalue weighted by molar-refractivity contribution is 9.10. The molecule has 1 aliphatic rings. The summed E-state index contributed by atoms with van der Waals surface area (Å²) >= 11 is 9.33. The molecule has 1 amide bonds. The van der Waals surface area contributed by atoms with E-state index in [1.54, 1.807) is 12.1 Å². The summed E-state index contributed by atoms with van der Waals surface area (Å²) in [7, 11) is 0. The molecule has 2 nitrogen and oxygen atoms in total. The van der Waals surface area contributed by atoms with Gasteiger partial charge in [0.25, 0.3) is 0 Å². The van der Waals surface area contributed by atoms with E-state index < -0.39 is 0 Å². The van der Waals surface area contributed by atoms with Crippen molar-refractivity contribution in [3.05, 3.63) is 27.7 Å². The summed E-state index contributed by atoms with van der Waals surface area (Å²) in [5.41, 5.74) is 0.872.